The lowest BCUT2D eigenvalue weighted by molar-refractivity contribution is 0.0943. The van der Waals surface area contributed by atoms with E-state index in [4.69, 9.17) is 16.0 Å². The van der Waals surface area contributed by atoms with Crippen molar-refractivity contribution >= 4 is 27.5 Å². The fourth-order valence-corrected chi connectivity index (χ4v) is 3.11. The predicted octanol–water partition coefficient (Wildman–Crippen LogP) is 2.17. The Morgan fingerprint density at radius 1 is 1.24 bits per heavy atom. The minimum Gasteiger partial charge on any atom is -0.466 e. The Hall–Kier alpha value is -1.83. The fraction of sp³-hybridized carbons (Fsp3) is 0.154. The molecular weight excluding hydrogens is 316 g/mol. The van der Waals surface area contributed by atoms with E-state index in [-0.39, 0.29) is 15.5 Å². The Kier molecular flexibility index (Phi) is 4.36. The van der Waals surface area contributed by atoms with Gasteiger partial charge in [0.15, 0.2) is 0 Å². The molecule has 1 aromatic heterocycles. The summed E-state index contributed by atoms with van der Waals surface area (Å²) in [6.07, 6.45) is 0. The summed E-state index contributed by atoms with van der Waals surface area (Å²) in [5.41, 5.74) is 2.38. The molecule has 0 saturated carbocycles. The van der Waals surface area contributed by atoms with Crippen LogP contribution in [0, 0.1) is 13.8 Å². The highest BCUT2D eigenvalue weighted by molar-refractivity contribution is 7.89. The maximum absolute atomic E-state index is 12.0. The number of sulfonamides is 1. The van der Waals surface area contributed by atoms with Crippen LogP contribution in [0.5, 0.6) is 0 Å². The highest BCUT2D eigenvalue weighted by Gasteiger charge is 2.20. The number of benzene rings is 1. The van der Waals surface area contributed by atoms with Crippen LogP contribution in [0.1, 0.15) is 21.9 Å². The molecule has 0 bridgehead atoms. The molecule has 0 fully saturated rings. The van der Waals surface area contributed by atoms with E-state index in [0.29, 0.717) is 11.5 Å². The summed E-state index contributed by atoms with van der Waals surface area (Å²) in [6.45, 7) is 3.31. The Bertz CT molecular complexity index is 783. The van der Waals surface area contributed by atoms with E-state index in [1.54, 1.807) is 19.9 Å². The van der Waals surface area contributed by atoms with Crippen LogP contribution in [0.25, 0.3) is 0 Å². The first kappa shape index (κ1) is 15.6. The van der Waals surface area contributed by atoms with Gasteiger partial charge in [0.2, 0.25) is 0 Å². The third-order valence-corrected chi connectivity index (χ3v) is 4.46. The van der Waals surface area contributed by atoms with E-state index >= 15 is 0 Å². The highest BCUT2D eigenvalue weighted by Crippen LogP contribution is 2.19. The molecule has 0 spiro atoms. The normalized spacial score (nSPS) is 11.4. The van der Waals surface area contributed by atoms with Gasteiger partial charge in [0.25, 0.3) is 15.9 Å². The van der Waals surface area contributed by atoms with Crippen molar-refractivity contribution in [1.29, 1.82) is 0 Å². The molecule has 1 heterocycles. The number of hydrogen-bond donors (Lipinski definition) is 2. The van der Waals surface area contributed by atoms with Crippen LogP contribution < -0.4 is 10.3 Å². The van der Waals surface area contributed by atoms with Crippen molar-refractivity contribution in [2.45, 2.75) is 18.7 Å². The summed E-state index contributed by atoms with van der Waals surface area (Å²) in [4.78, 5) is 13.8. The molecule has 21 heavy (non-hydrogen) atoms. The number of carbonyl (C=O) groups excluding carboxylic acids is 1. The SMILES string of the molecule is Cc1cc(C(=O)NNS(=O)(=O)c2ccccc2Cl)c(C)o1. The molecule has 2 N–H and O–H groups in total. The third-order valence-electron chi connectivity index (χ3n) is 2.71. The number of rotatable bonds is 4. The van der Waals surface area contributed by atoms with Crippen molar-refractivity contribution in [3.05, 3.63) is 52.4 Å². The molecule has 0 aliphatic heterocycles. The van der Waals surface area contributed by atoms with Gasteiger partial charge in [-0.2, -0.15) is 0 Å². The van der Waals surface area contributed by atoms with Crippen LogP contribution in [0.4, 0.5) is 0 Å². The summed E-state index contributed by atoms with van der Waals surface area (Å²) in [7, 11) is -3.94. The number of hydrazine groups is 1. The summed E-state index contributed by atoms with van der Waals surface area (Å²) in [5.74, 6) is 0.355. The molecule has 8 heteroatoms. The van der Waals surface area contributed by atoms with Crippen molar-refractivity contribution in [2.75, 3.05) is 0 Å². The Morgan fingerprint density at radius 2 is 1.90 bits per heavy atom. The Labute approximate surface area is 127 Å². The predicted molar refractivity (Wildman–Crippen MR) is 77.4 cm³/mol. The number of halogens is 1. The minimum absolute atomic E-state index is 0.0644. The monoisotopic (exact) mass is 328 g/mol. The van der Waals surface area contributed by atoms with Crippen LogP contribution >= 0.6 is 11.6 Å². The lowest BCUT2D eigenvalue weighted by Crippen LogP contribution is -2.41. The van der Waals surface area contributed by atoms with Gasteiger partial charge < -0.3 is 4.42 Å². The second-order valence-corrected chi connectivity index (χ2v) is 6.37. The number of carbonyl (C=O) groups is 1. The second-order valence-electron chi connectivity index (χ2n) is 4.32. The molecule has 112 valence electrons. The third kappa shape index (κ3) is 3.44. The number of aryl methyl sites for hydroxylation is 2. The van der Waals surface area contributed by atoms with Crippen molar-refractivity contribution < 1.29 is 17.6 Å². The topological polar surface area (TPSA) is 88.4 Å². The molecule has 0 unspecified atom stereocenters. The zero-order valence-corrected chi connectivity index (χ0v) is 12.9. The molecule has 0 saturated heterocycles. The maximum atomic E-state index is 12.0. The molecule has 0 aliphatic carbocycles. The van der Waals surface area contributed by atoms with Crippen molar-refractivity contribution in [1.82, 2.24) is 10.3 Å². The van der Waals surface area contributed by atoms with Crippen LogP contribution in [0.15, 0.2) is 39.6 Å². The molecule has 6 nitrogen and oxygen atoms in total. The van der Waals surface area contributed by atoms with Crippen molar-refractivity contribution in [2.24, 2.45) is 0 Å². The van der Waals surface area contributed by atoms with Crippen LogP contribution in [0.2, 0.25) is 5.02 Å². The summed E-state index contributed by atoms with van der Waals surface area (Å²) < 4.78 is 29.3. The zero-order valence-electron chi connectivity index (χ0n) is 11.3. The molecule has 1 aromatic carbocycles. The highest BCUT2D eigenvalue weighted by atomic mass is 35.5. The van der Waals surface area contributed by atoms with Gasteiger partial charge in [-0.15, -0.1) is 4.83 Å². The molecule has 0 radical (unpaired) electrons. The molecule has 0 aliphatic rings. The van der Waals surface area contributed by atoms with Crippen LogP contribution in [-0.2, 0) is 10.0 Å². The van der Waals surface area contributed by atoms with Gasteiger partial charge in [-0.25, -0.2) is 8.42 Å². The smallest absolute Gasteiger partial charge is 0.269 e. The van der Waals surface area contributed by atoms with E-state index in [2.05, 4.69) is 5.43 Å². The summed E-state index contributed by atoms with van der Waals surface area (Å²) in [6, 6.07) is 7.45. The molecule has 2 aromatic rings. The molecule has 2 rings (SSSR count). The zero-order chi connectivity index (χ0) is 15.6. The lowest BCUT2D eigenvalue weighted by Gasteiger charge is -2.09. The van der Waals surface area contributed by atoms with E-state index in [1.165, 1.54) is 24.3 Å². The number of amides is 1. The van der Waals surface area contributed by atoms with Gasteiger partial charge in [-0.3, -0.25) is 10.2 Å². The first-order valence-electron chi connectivity index (χ1n) is 5.95. The number of hydrogen-bond acceptors (Lipinski definition) is 4. The Balaban J connectivity index is 2.14. The molecular formula is C13H13ClN2O4S. The fourth-order valence-electron chi connectivity index (χ4n) is 1.75. The second kappa shape index (κ2) is 5.88. The molecule has 1 amide bonds. The van der Waals surface area contributed by atoms with Gasteiger partial charge >= 0.3 is 0 Å². The van der Waals surface area contributed by atoms with Gasteiger partial charge in [-0.05, 0) is 32.0 Å². The van der Waals surface area contributed by atoms with E-state index in [9.17, 15) is 13.2 Å². The average Bonchev–Trinajstić information content (AvgIpc) is 2.75. The average molecular weight is 329 g/mol. The van der Waals surface area contributed by atoms with E-state index < -0.39 is 15.9 Å². The van der Waals surface area contributed by atoms with Gasteiger partial charge in [0.1, 0.15) is 16.4 Å². The van der Waals surface area contributed by atoms with E-state index in [1.807, 2.05) is 4.83 Å². The maximum Gasteiger partial charge on any atom is 0.269 e. The van der Waals surface area contributed by atoms with Crippen LogP contribution in [-0.4, -0.2) is 14.3 Å². The van der Waals surface area contributed by atoms with E-state index in [0.717, 1.165) is 0 Å². The largest absolute Gasteiger partial charge is 0.466 e. The number of nitrogens with one attached hydrogen (secondary N) is 2. The van der Waals surface area contributed by atoms with Gasteiger partial charge in [0, 0.05) is 0 Å². The van der Waals surface area contributed by atoms with Crippen molar-refractivity contribution in [3.63, 3.8) is 0 Å². The van der Waals surface area contributed by atoms with Gasteiger partial charge in [0.05, 0.1) is 10.6 Å². The Morgan fingerprint density at radius 3 is 2.48 bits per heavy atom. The summed E-state index contributed by atoms with van der Waals surface area (Å²) >= 11 is 5.82. The van der Waals surface area contributed by atoms with Gasteiger partial charge in [-0.1, -0.05) is 23.7 Å². The minimum atomic E-state index is -3.94. The standard InChI is InChI=1S/C13H13ClN2O4S/c1-8-7-10(9(2)20-8)13(17)15-16-21(18,19)12-6-4-3-5-11(12)14/h3-7,16H,1-2H3,(H,15,17). The van der Waals surface area contributed by atoms with Crippen LogP contribution in [0.3, 0.4) is 0 Å². The first-order valence-corrected chi connectivity index (χ1v) is 7.81. The molecule has 0 atom stereocenters. The quantitative estimate of drug-likeness (QED) is 0.842. The van der Waals surface area contributed by atoms with Crippen molar-refractivity contribution in [3.8, 4) is 0 Å². The lowest BCUT2D eigenvalue weighted by atomic mass is 10.2. The number of furan rings is 1. The summed E-state index contributed by atoms with van der Waals surface area (Å²) in [5, 5.41) is 0.0644. The first-order chi connectivity index (χ1) is 9.81.